The maximum atomic E-state index is 12.2. The molecule has 1 saturated heterocycles. The van der Waals surface area contributed by atoms with Crippen molar-refractivity contribution in [3.8, 4) is 0 Å². The maximum absolute atomic E-state index is 12.2. The van der Waals surface area contributed by atoms with Gasteiger partial charge in [-0.15, -0.1) is 0 Å². The van der Waals surface area contributed by atoms with Gasteiger partial charge in [0.05, 0.1) is 6.10 Å². The lowest BCUT2D eigenvalue weighted by molar-refractivity contribution is 0.0765. The van der Waals surface area contributed by atoms with Crippen molar-refractivity contribution in [3.63, 3.8) is 0 Å². The Morgan fingerprint density at radius 3 is 2.67 bits per heavy atom. The third-order valence-electron chi connectivity index (χ3n) is 3.59. The van der Waals surface area contributed by atoms with Crippen LogP contribution in [0.15, 0.2) is 18.2 Å². The summed E-state index contributed by atoms with van der Waals surface area (Å²) in [6.07, 6.45) is 0.333. The predicted octanol–water partition coefficient (Wildman–Crippen LogP) is 2.33. The van der Waals surface area contributed by atoms with E-state index >= 15 is 0 Å². The molecule has 3 nitrogen and oxygen atoms in total. The first-order valence-corrected chi connectivity index (χ1v) is 6.57. The van der Waals surface area contributed by atoms with Crippen molar-refractivity contribution in [3.05, 3.63) is 34.9 Å². The Labute approximate surface area is 108 Å². The highest BCUT2D eigenvalue weighted by Gasteiger charge is 2.25. The normalized spacial score (nSPS) is 19.6. The van der Waals surface area contributed by atoms with Crippen molar-refractivity contribution in [2.24, 2.45) is 0 Å². The molecule has 1 aliphatic rings. The molecular formula is C15H21NO2. The van der Waals surface area contributed by atoms with Crippen LogP contribution in [0.2, 0.25) is 0 Å². The Kier molecular flexibility index (Phi) is 3.71. The van der Waals surface area contributed by atoms with E-state index in [2.05, 4.69) is 13.8 Å². The smallest absolute Gasteiger partial charge is 0.253 e. The third kappa shape index (κ3) is 2.56. The first-order chi connectivity index (χ1) is 8.49. The number of aliphatic hydroxyl groups is 1. The second kappa shape index (κ2) is 5.11. The van der Waals surface area contributed by atoms with Gasteiger partial charge in [0.25, 0.3) is 5.91 Å². The summed E-state index contributed by atoms with van der Waals surface area (Å²) in [5, 5.41) is 9.47. The number of likely N-dealkylation sites (tertiary alicyclic amines) is 1. The van der Waals surface area contributed by atoms with E-state index in [1.807, 2.05) is 25.1 Å². The fourth-order valence-electron chi connectivity index (χ4n) is 2.57. The van der Waals surface area contributed by atoms with Gasteiger partial charge in [0.2, 0.25) is 0 Å². The molecule has 1 atom stereocenters. The molecule has 0 bridgehead atoms. The molecule has 0 aliphatic carbocycles. The molecule has 0 aromatic heterocycles. The Balaban J connectivity index is 2.19. The lowest BCUT2D eigenvalue weighted by atomic mass is 9.96. The zero-order chi connectivity index (χ0) is 13.3. The van der Waals surface area contributed by atoms with Crippen LogP contribution in [0.1, 0.15) is 47.7 Å². The fourth-order valence-corrected chi connectivity index (χ4v) is 2.57. The molecule has 2 rings (SSSR count). The SMILES string of the molecule is Cc1cc(C(=O)N2CC[C@H](O)C2)ccc1C(C)C. The molecule has 0 saturated carbocycles. The monoisotopic (exact) mass is 247 g/mol. The number of carbonyl (C=O) groups is 1. The number of amides is 1. The minimum Gasteiger partial charge on any atom is -0.391 e. The second-order valence-electron chi connectivity index (χ2n) is 5.42. The molecular weight excluding hydrogens is 226 g/mol. The molecule has 0 spiro atoms. The van der Waals surface area contributed by atoms with Crippen LogP contribution in [0.5, 0.6) is 0 Å². The van der Waals surface area contributed by atoms with Crippen molar-refractivity contribution in [1.82, 2.24) is 4.90 Å². The molecule has 0 radical (unpaired) electrons. The molecule has 1 amide bonds. The predicted molar refractivity (Wildman–Crippen MR) is 71.8 cm³/mol. The van der Waals surface area contributed by atoms with E-state index in [0.717, 1.165) is 11.1 Å². The summed E-state index contributed by atoms with van der Waals surface area (Å²) >= 11 is 0. The molecule has 1 fully saturated rings. The van der Waals surface area contributed by atoms with Crippen molar-refractivity contribution < 1.29 is 9.90 Å². The van der Waals surface area contributed by atoms with Crippen molar-refractivity contribution in [1.29, 1.82) is 0 Å². The van der Waals surface area contributed by atoms with Gasteiger partial charge in [-0.2, -0.15) is 0 Å². The minimum atomic E-state index is -0.356. The minimum absolute atomic E-state index is 0.0324. The van der Waals surface area contributed by atoms with E-state index in [-0.39, 0.29) is 12.0 Å². The Bertz CT molecular complexity index is 454. The first-order valence-electron chi connectivity index (χ1n) is 6.57. The lowest BCUT2D eigenvalue weighted by Gasteiger charge is -2.17. The van der Waals surface area contributed by atoms with Gasteiger partial charge < -0.3 is 10.0 Å². The largest absolute Gasteiger partial charge is 0.391 e. The molecule has 3 heteroatoms. The first kappa shape index (κ1) is 13.1. The van der Waals surface area contributed by atoms with Crippen LogP contribution in [0, 0.1) is 6.92 Å². The van der Waals surface area contributed by atoms with Gasteiger partial charge in [-0.05, 0) is 42.5 Å². The average molecular weight is 247 g/mol. The van der Waals surface area contributed by atoms with Crippen LogP contribution in [0.25, 0.3) is 0 Å². The highest BCUT2D eigenvalue weighted by molar-refractivity contribution is 5.94. The van der Waals surface area contributed by atoms with E-state index in [0.29, 0.717) is 25.4 Å². The van der Waals surface area contributed by atoms with Gasteiger partial charge in [-0.3, -0.25) is 4.79 Å². The summed E-state index contributed by atoms with van der Waals surface area (Å²) in [5.41, 5.74) is 3.18. The Morgan fingerprint density at radius 2 is 2.17 bits per heavy atom. The number of carbonyl (C=O) groups excluding carboxylic acids is 1. The Morgan fingerprint density at radius 1 is 1.44 bits per heavy atom. The zero-order valence-corrected chi connectivity index (χ0v) is 11.3. The topological polar surface area (TPSA) is 40.5 Å². The molecule has 1 N–H and O–H groups in total. The van der Waals surface area contributed by atoms with Crippen LogP contribution in [-0.4, -0.2) is 35.1 Å². The van der Waals surface area contributed by atoms with Gasteiger partial charge >= 0.3 is 0 Å². The van der Waals surface area contributed by atoms with E-state index in [4.69, 9.17) is 0 Å². The summed E-state index contributed by atoms with van der Waals surface area (Å²) in [6, 6.07) is 5.90. The van der Waals surface area contributed by atoms with Crippen molar-refractivity contribution in [2.45, 2.75) is 39.2 Å². The van der Waals surface area contributed by atoms with Crippen molar-refractivity contribution >= 4 is 5.91 Å². The maximum Gasteiger partial charge on any atom is 0.253 e. The molecule has 0 unspecified atom stereocenters. The standard InChI is InChI=1S/C15H21NO2/c1-10(2)14-5-4-12(8-11(14)3)15(18)16-7-6-13(17)9-16/h4-5,8,10,13,17H,6-7,9H2,1-3H3/t13-/m0/s1. The number of aryl methyl sites for hydroxylation is 1. The molecule has 98 valence electrons. The lowest BCUT2D eigenvalue weighted by Crippen LogP contribution is -2.29. The van der Waals surface area contributed by atoms with Gasteiger partial charge in [0.1, 0.15) is 0 Å². The summed E-state index contributed by atoms with van der Waals surface area (Å²) in [6.45, 7) is 7.47. The Hall–Kier alpha value is -1.35. The van der Waals surface area contributed by atoms with Gasteiger partial charge in [0.15, 0.2) is 0 Å². The number of β-amino-alcohol motifs (C(OH)–C–C–N with tert-alkyl or cyclic N) is 1. The third-order valence-corrected chi connectivity index (χ3v) is 3.59. The van der Waals surface area contributed by atoms with Crippen LogP contribution >= 0.6 is 0 Å². The highest BCUT2D eigenvalue weighted by Crippen LogP contribution is 2.21. The van der Waals surface area contributed by atoms with Gasteiger partial charge in [-0.1, -0.05) is 19.9 Å². The summed E-state index contributed by atoms with van der Waals surface area (Å²) in [5.74, 6) is 0.507. The number of benzene rings is 1. The van der Waals surface area contributed by atoms with Crippen LogP contribution in [0.4, 0.5) is 0 Å². The molecule has 1 aromatic carbocycles. The molecule has 1 heterocycles. The quantitative estimate of drug-likeness (QED) is 0.871. The van der Waals surface area contributed by atoms with Gasteiger partial charge in [-0.25, -0.2) is 0 Å². The fraction of sp³-hybridized carbons (Fsp3) is 0.533. The van der Waals surface area contributed by atoms with Crippen LogP contribution in [0.3, 0.4) is 0 Å². The van der Waals surface area contributed by atoms with Crippen molar-refractivity contribution in [2.75, 3.05) is 13.1 Å². The van der Waals surface area contributed by atoms with Crippen LogP contribution in [-0.2, 0) is 0 Å². The van der Waals surface area contributed by atoms with Gasteiger partial charge in [0, 0.05) is 18.7 Å². The van der Waals surface area contributed by atoms with E-state index in [1.165, 1.54) is 5.56 Å². The summed E-state index contributed by atoms with van der Waals surface area (Å²) in [4.78, 5) is 14.0. The number of aliphatic hydroxyl groups excluding tert-OH is 1. The zero-order valence-electron chi connectivity index (χ0n) is 11.3. The van der Waals surface area contributed by atoms with Crippen LogP contribution < -0.4 is 0 Å². The number of rotatable bonds is 2. The molecule has 1 aliphatic heterocycles. The molecule has 18 heavy (non-hydrogen) atoms. The second-order valence-corrected chi connectivity index (χ2v) is 5.42. The number of hydrogen-bond donors (Lipinski definition) is 1. The highest BCUT2D eigenvalue weighted by atomic mass is 16.3. The average Bonchev–Trinajstić information content (AvgIpc) is 2.74. The number of nitrogens with zero attached hydrogens (tertiary/aromatic N) is 1. The van der Waals surface area contributed by atoms with E-state index in [1.54, 1.807) is 4.90 Å². The van der Waals surface area contributed by atoms with E-state index in [9.17, 15) is 9.90 Å². The number of hydrogen-bond acceptors (Lipinski definition) is 2. The molecule has 1 aromatic rings. The summed E-state index contributed by atoms with van der Waals surface area (Å²) < 4.78 is 0. The van der Waals surface area contributed by atoms with E-state index < -0.39 is 0 Å². The summed E-state index contributed by atoms with van der Waals surface area (Å²) in [7, 11) is 0.